The lowest BCUT2D eigenvalue weighted by molar-refractivity contribution is -0.122. The molecule has 13 heavy (non-hydrogen) atoms. The summed E-state index contributed by atoms with van der Waals surface area (Å²) in [4.78, 5) is 12.7. The van der Waals surface area contributed by atoms with Crippen molar-refractivity contribution in [3.63, 3.8) is 0 Å². The van der Waals surface area contributed by atoms with Gasteiger partial charge < -0.3 is 4.90 Å². The van der Waals surface area contributed by atoms with Crippen molar-refractivity contribution in [2.24, 2.45) is 5.41 Å². The molecule has 0 aromatic rings. The Morgan fingerprint density at radius 1 is 1.00 bits per heavy atom. The van der Waals surface area contributed by atoms with Crippen molar-refractivity contribution in [2.45, 2.75) is 44.9 Å². The summed E-state index contributed by atoms with van der Waals surface area (Å²) in [5.41, 5.74) is 0.525. The maximum Gasteiger partial charge on any atom is 0.209 e. The van der Waals surface area contributed by atoms with E-state index < -0.39 is 0 Å². The first-order valence-electron chi connectivity index (χ1n) is 5.54. The number of rotatable bonds is 1. The molecule has 2 heteroatoms. The van der Waals surface area contributed by atoms with Crippen LogP contribution < -0.4 is 0 Å². The molecule has 74 valence electrons. The minimum absolute atomic E-state index is 0.525. The van der Waals surface area contributed by atoms with Crippen LogP contribution in [0, 0.1) is 5.41 Å². The van der Waals surface area contributed by atoms with E-state index in [4.69, 9.17) is 0 Å². The molecule has 0 aromatic carbocycles. The molecule has 0 aromatic heterocycles. The maximum absolute atomic E-state index is 10.7. The van der Waals surface area contributed by atoms with Crippen LogP contribution in [0.15, 0.2) is 0 Å². The van der Waals surface area contributed by atoms with Crippen molar-refractivity contribution in [1.29, 1.82) is 0 Å². The molecule has 0 radical (unpaired) electrons. The zero-order valence-electron chi connectivity index (χ0n) is 8.30. The van der Waals surface area contributed by atoms with Crippen LogP contribution in [0.4, 0.5) is 0 Å². The van der Waals surface area contributed by atoms with Crippen LogP contribution >= 0.6 is 0 Å². The molecule has 1 heterocycles. The fraction of sp³-hybridized carbons (Fsp3) is 0.909. The van der Waals surface area contributed by atoms with Gasteiger partial charge in [-0.2, -0.15) is 0 Å². The second-order valence-electron chi connectivity index (χ2n) is 4.74. The summed E-state index contributed by atoms with van der Waals surface area (Å²) in [7, 11) is 0. The van der Waals surface area contributed by atoms with E-state index in [1.54, 1.807) is 0 Å². The Hall–Kier alpha value is -0.530. The topological polar surface area (TPSA) is 20.3 Å². The molecule has 0 unspecified atom stereocenters. The second kappa shape index (κ2) is 3.69. The summed E-state index contributed by atoms with van der Waals surface area (Å²) >= 11 is 0. The normalized spacial score (nSPS) is 27.5. The third kappa shape index (κ3) is 1.87. The van der Waals surface area contributed by atoms with Crippen LogP contribution in [0.5, 0.6) is 0 Å². The molecule has 0 N–H and O–H groups in total. The second-order valence-corrected chi connectivity index (χ2v) is 4.74. The van der Waals surface area contributed by atoms with Crippen molar-refractivity contribution in [3.05, 3.63) is 0 Å². The molecule has 0 bridgehead atoms. The Bertz CT molecular complexity index is 179. The zero-order chi connectivity index (χ0) is 9.15. The van der Waals surface area contributed by atoms with Gasteiger partial charge in [0.2, 0.25) is 6.41 Å². The lowest BCUT2D eigenvalue weighted by Gasteiger charge is -2.44. The molecule has 1 aliphatic carbocycles. The molecule has 1 saturated carbocycles. The number of piperidine rings is 1. The highest BCUT2D eigenvalue weighted by Crippen LogP contribution is 2.42. The molecule has 1 amide bonds. The highest BCUT2D eigenvalue weighted by Gasteiger charge is 2.35. The Labute approximate surface area is 80.3 Å². The number of likely N-dealkylation sites (tertiary alicyclic amines) is 1. The summed E-state index contributed by atoms with van der Waals surface area (Å²) in [6.07, 6.45) is 10.5. The smallest absolute Gasteiger partial charge is 0.209 e. The van der Waals surface area contributed by atoms with Crippen molar-refractivity contribution in [1.82, 2.24) is 4.90 Å². The van der Waals surface area contributed by atoms with Crippen LogP contribution in [0.1, 0.15) is 44.9 Å². The molecule has 2 fully saturated rings. The van der Waals surface area contributed by atoms with Gasteiger partial charge in [0.1, 0.15) is 0 Å². The standard InChI is InChI=1S/C11H19NO/c13-10-12-8-4-7-11(9-12)5-2-1-3-6-11/h10H,1-9H2. The van der Waals surface area contributed by atoms with Gasteiger partial charge in [-0.1, -0.05) is 19.3 Å². The Morgan fingerprint density at radius 2 is 1.69 bits per heavy atom. The summed E-state index contributed by atoms with van der Waals surface area (Å²) in [5.74, 6) is 0. The maximum atomic E-state index is 10.7. The van der Waals surface area contributed by atoms with Crippen LogP contribution in [0.2, 0.25) is 0 Å². The van der Waals surface area contributed by atoms with E-state index >= 15 is 0 Å². The Morgan fingerprint density at radius 3 is 2.38 bits per heavy atom. The van der Waals surface area contributed by atoms with Gasteiger partial charge in [0.05, 0.1) is 0 Å². The average molecular weight is 181 g/mol. The van der Waals surface area contributed by atoms with Gasteiger partial charge >= 0.3 is 0 Å². The molecule has 2 aliphatic rings. The first kappa shape index (κ1) is 9.04. The molecule has 1 aliphatic heterocycles. The summed E-state index contributed by atoms with van der Waals surface area (Å²) < 4.78 is 0. The van der Waals surface area contributed by atoms with E-state index in [1.807, 2.05) is 4.90 Å². The van der Waals surface area contributed by atoms with E-state index in [1.165, 1.54) is 44.9 Å². The highest BCUT2D eigenvalue weighted by molar-refractivity contribution is 5.47. The van der Waals surface area contributed by atoms with E-state index in [-0.39, 0.29) is 0 Å². The zero-order valence-corrected chi connectivity index (χ0v) is 8.30. The van der Waals surface area contributed by atoms with Gasteiger partial charge in [-0.05, 0) is 31.1 Å². The third-order valence-electron chi connectivity index (χ3n) is 3.75. The van der Waals surface area contributed by atoms with E-state index in [0.29, 0.717) is 5.41 Å². The lowest BCUT2D eigenvalue weighted by Crippen LogP contribution is -2.43. The summed E-state index contributed by atoms with van der Waals surface area (Å²) in [5, 5.41) is 0. The molecule has 1 spiro atoms. The van der Waals surface area contributed by atoms with Crippen LogP contribution in [-0.4, -0.2) is 24.4 Å². The monoisotopic (exact) mass is 181 g/mol. The van der Waals surface area contributed by atoms with Crippen molar-refractivity contribution in [2.75, 3.05) is 13.1 Å². The van der Waals surface area contributed by atoms with E-state index in [0.717, 1.165) is 19.5 Å². The predicted octanol–water partition coefficient (Wildman–Crippen LogP) is 2.19. The Balaban J connectivity index is 1.99. The van der Waals surface area contributed by atoms with Crippen molar-refractivity contribution < 1.29 is 4.79 Å². The average Bonchev–Trinajstić information content (AvgIpc) is 2.19. The number of carbonyl (C=O) groups excluding carboxylic acids is 1. The quantitative estimate of drug-likeness (QED) is 0.568. The first-order chi connectivity index (χ1) is 6.35. The van der Waals surface area contributed by atoms with Crippen molar-refractivity contribution in [3.8, 4) is 0 Å². The summed E-state index contributed by atoms with van der Waals surface area (Å²) in [6, 6.07) is 0. The van der Waals surface area contributed by atoms with Gasteiger partial charge in [0.15, 0.2) is 0 Å². The number of hydrogen-bond donors (Lipinski definition) is 0. The summed E-state index contributed by atoms with van der Waals surface area (Å²) in [6.45, 7) is 2.03. The predicted molar refractivity (Wildman–Crippen MR) is 52.4 cm³/mol. The fourth-order valence-electron chi connectivity index (χ4n) is 3.05. The van der Waals surface area contributed by atoms with E-state index in [2.05, 4.69) is 0 Å². The van der Waals surface area contributed by atoms with Gasteiger partial charge in [-0.25, -0.2) is 0 Å². The van der Waals surface area contributed by atoms with Crippen LogP contribution in [-0.2, 0) is 4.79 Å². The van der Waals surface area contributed by atoms with Gasteiger partial charge in [0, 0.05) is 13.1 Å². The Kier molecular flexibility index (Phi) is 2.56. The lowest BCUT2D eigenvalue weighted by atomic mass is 9.69. The first-order valence-corrected chi connectivity index (χ1v) is 5.54. The third-order valence-corrected chi connectivity index (χ3v) is 3.75. The number of nitrogens with zero attached hydrogens (tertiary/aromatic N) is 1. The molecule has 1 saturated heterocycles. The fourth-order valence-corrected chi connectivity index (χ4v) is 3.05. The largest absolute Gasteiger partial charge is 0.345 e. The van der Waals surface area contributed by atoms with Gasteiger partial charge in [-0.15, -0.1) is 0 Å². The number of amides is 1. The number of carbonyl (C=O) groups is 1. The molecular weight excluding hydrogens is 162 g/mol. The highest BCUT2D eigenvalue weighted by atomic mass is 16.1. The molecular formula is C11H19NO. The van der Waals surface area contributed by atoms with Crippen LogP contribution in [0.3, 0.4) is 0 Å². The number of hydrogen-bond acceptors (Lipinski definition) is 1. The van der Waals surface area contributed by atoms with Gasteiger partial charge in [0.25, 0.3) is 0 Å². The minimum Gasteiger partial charge on any atom is -0.345 e. The molecule has 0 atom stereocenters. The SMILES string of the molecule is O=CN1CCCC2(CCCCC2)C1. The molecule has 2 nitrogen and oxygen atoms in total. The van der Waals surface area contributed by atoms with E-state index in [9.17, 15) is 4.79 Å². The molecule has 2 rings (SSSR count). The van der Waals surface area contributed by atoms with Crippen molar-refractivity contribution >= 4 is 6.41 Å². The van der Waals surface area contributed by atoms with Gasteiger partial charge in [-0.3, -0.25) is 4.79 Å². The van der Waals surface area contributed by atoms with Crippen LogP contribution in [0.25, 0.3) is 0 Å². The minimum atomic E-state index is 0.525.